The molecule has 3 N–H and O–H groups in total. The topological polar surface area (TPSA) is 72.6 Å². The molecular weight excluding hydrogens is 158 g/mol. The lowest BCUT2D eigenvalue weighted by atomic mass is 10.2. The molecule has 0 radical (unpaired) electrons. The Bertz CT molecular complexity index is 261. The Morgan fingerprint density at radius 2 is 1.92 bits per heavy atom. The number of carboxylic acid groups (broad SMARTS) is 1. The van der Waals surface area contributed by atoms with Crippen LogP contribution in [0.2, 0.25) is 0 Å². The van der Waals surface area contributed by atoms with Crippen LogP contribution >= 0.6 is 0 Å². The van der Waals surface area contributed by atoms with Gasteiger partial charge in [-0.15, -0.1) is 0 Å². The molecule has 1 aromatic carbocycles. The van der Waals surface area contributed by atoms with Gasteiger partial charge in [0.2, 0.25) is 0 Å². The van der Waals surface area contributed by atoms with Gasteiger partial charge in [-0.2, -0.15) is 0 Å². The Balaban J connectivity index is 0.000000130. The van der Waals surface area contributed by atoms with Crippen LogP contribution in [0.3, 0.4) is 0 Å². The molecule has 4 heteroatoms. The highest BCUT2D eigenvalue weighted by Gasteiger charge is 2.05. The number of fused-ring (bicyclic) bond motifs is 2. The first kappa shape index (κ1) is 8.55. The fourth-order valence-electron chi connectivity index (χ4n) is 0.679. The average molecular weight is 167 g/mol. The number of carboxylic acids is 1. The van der Waals surface area contributed by atoms with Crippen LogP contribution in [0.1, 0.15) is 0 Å². The van der Waals surface area contributed by atoms with Crippen molar-refractivity contribution in [2.45, 2.75) is 0 Å². The lowest BCUT2D eigenvalue weighted by molar-refractivity contribution is -0.135. The van der Waals surface area contributed by atoms with Crippen LogP contribution in [0.4, 0.5) is 0 Å². The molecule has 12 heavy (non-hydrogen) atoms. The zero-order valence-electron chi connectivity index (χ0n) is 6.36. The van der Waals surface area contributed by atoms with Crippen molar-refractivity contribution in [3.8, 4) is 11.5 Å². The number of aliphatic carboxylic acids is 1. The lowest BCUT2D eigenvalue weighted by Gasteiger charge is -2.13. The van der Waals surface area contributed by atoms with Crippen molar-refractivity contribution >= 4 is 5.97 Å². The number of ether oxygens (including phenoxy) is 1. The van der Waals surface area contributed by atoms with E-state index in [1.54, 1.807) is 0 Å². The standard InChI is InChI=1S/C6H4O.C2H5NO2/c1-2-5-4-6(3-1)7-5;3-1-2(4)5/h1-4H;1,3H2,(H,4,5). The number of hydrogen-bond donors (Lipinski definition) is 2. The molecule has 0 amide bonds. The Morgan fingerprint density at radius 1 is 1.50 bits per heavy atom. The van der Waals surface area contributed by atoms with E-state index in [2.05, 4.69) is 5.73 Å². The van der Waals surface area contributed by atoms with Gasteiger partial charge >= 0.3 is 5.97 Å². The summed E-state index contributed by atoms with van der Waals surface area (Å²) in [6, 6.07) is 7.86. The van der Waals surface area contributed by atoms with Crippen LogP contribution in [0.25, 0.3) is 0 Å². The van der Waals surface area contributed by atoms with Crippen molar-refractivity contribution in [1.82, 2.24) is 0 Å². The smallest absolute Gasteiger partial charge is 0.317 e. The molecular formula is C8H9NO3. The van der Waals surface area contributed by atoms with Crippen LogP contribution in [0.5, 0.6) is 11.5 Å². The minimum atomic E-state index is -0.968. The third-order valence-electron chi connectivity index (χ3n) is 1.22. The first-order chi connectivity index (χ1) is 5.72. The van der Waals surface area contributed by atoms with Gasteiger partial charge in [-0.1, -0.05) is 6.07 Å². The lowest BCUT2D eigenvalue weighted by Crippen LogP contribution is -2.10. The maximum atomic E-state index is 9.24. The van der Waals surface area contributed by atoms with Crippen molar-refractivity contribution in [3.05, 3.63) is 24.3 Å². The molecule has 4 nitrogen and oxygen atoms in total. The Hall–Kier alpha value is -1.55. The Labute approximate surface area is 69.6 Å². The highest BCUT2D eigenvalue weighted by Crippen LogP contribution is 2.32. The van der Waals surface area contributed by atoms with E-state index in [1.165, 1.54) is 0 Å². The predicted octanol–water partition coefficient (Wildman–Crippen LogP) is 0.822. The fourth-order valence-corrected chi connectivity index (χ4v) is 0.679. The van der Waals surface area contributed by atoms with Gasteiger partial charge in [0.25, 0.3) is 0 Å². The van der Waals surface area contributed by atoms with Gasteiger partial charge in [0.05, 0.1) is 6.54 Å². The number of benzene rings is 1. The van der Waals surface area contributed by atoms with Crippen molar-refractivity contribution in [2.24, 2.45) is 5.73 Å². The van der Waals surface area contributed by atoms with E-state index in [0.717, 1.165) is 11.5 Å². The van der Waals surface area contributed by atoms with Crippen molar-refractivity contribution in [3.63, 3.8) is 0 Å². The number of nitrogens with two attached hydrogens (primary N) is 1. The summed E-state index contributed by atoms with van der Waals surface area (Å²) in [5, 5.41) is 7.60. The van der Waals surface area contributed by atoms with Gasteiger partial charge in [0.15, 0.2) is 0 Å². The zero-order valence-corrected chi connectivity index (χ0v) is 6.36. The van der Waals surface area contributed by atoms with Crippen LogP contribution in [-0.4, -0.2) is 17.6 Å². The molecule has 0 saturated carbocycles. The van der Waals surface area contributed by atoms with E-state index in [0.29, 0.717) is 0 Å². The second kappa shape index (κ2) is 3.73. The van der Waals surface area contributed by atoms with E-state index in [4.69, 9.17) is 9.84 Å². The summed E-state index contributed by atoms with van der Waals surface area (Å²) in [6.07, 6.45) is 0. The van der Waals surface area contributed by atoms with Crippen molar-refractivity contribution in [1.29, 1.82) is 0 Å². The predicted molar refractivity (Wildman–Crippen MR) is 43.2 cm³/mol. The summed E-state index contributed by atoms with van der Waals surface area (Å²) < 4.78 is 5.01. The normalized spacial score (nSPS) is 10.1. The number of rotatable bonds is 1. The summed E-state index contributed by atoms with van der Waals surface area (Å²) in [5.74, 6) is 1.00. The quantitative estimate of drug-likeness (QED) is 0.659. The fraction of sp³-hybridized carbons (Fsp3) is 0.125. The van der Waals surface area contributed by atoms with Gasteiger partial charge in [-0.25, -0.2) is 0 Å². The molecule has 0 atom stereocenters. The minimum Gasteiger partial charge on any atom is -0.480 e. The van der Waals surface area contributed by atoms with Crippen molar-refractivity contribution < 1.29 is 14.6 Å². The van der Waals surface area contributed by atoms with E-state index in [1.807, 2.05) is 24.3 Å². The summed E-state index contributed by atoms with van der Waals surface area (Å²) in [6.45, 7) is -0.278. The summed E-state index contributed by atoms with van der Waals surface area (Å²) in [7, 11) is 0. The molecule has 0 aromatic heterocycles. The maximum absolute atomic E-state index is 9.24. The first-order valence-electron chi connectivity index (χ1n) is 3.42. The van der Waals surface area contributed by atoms with Gasteiger partial charge in [-0.3, -0.25) is 4.79 Å². The summed E-state index contributed by atoms with van der Waals surface area (Å²) >= 11 is 0. The Morgan fingerprint density at radius 3 is 2.00 bits per heavy atom. The van der Waals surface area contributed by atoms with E-state index in [-0.39, 0.29) is 6.54 Å². The van der Waals surface area contributed by atoms with E-state index < -0.39 is 5.97 Å². The van der Waals surface area contributed by atoms with Crippen molar-refractivity contribution in [2.75, 3.05) is 6.54 Å². The molecule has 2 bridgehead atoms. The van der Waals surface area contributed by atoms with Gasteiger partial charge < -0.3 is 15.6 Å². The van der Waals surface area contributed by atoms with Crippen LogP contribution < -0.4 is 10.5 Å². The molecule has 0 aliphatic carbocycles. The highest BCUT2D eigenvalue weighted by molar-refractivity contribution is 5.68. The monoisotopic (exact) mass is 167 g/mol. The van der Waals surface area contributed by atoms with E-state index >= 15 is 0 Å². The molecule has 3 rings (SSSR count). The highest BCUT2D eigenvalue weighted by atomic mass is 16.5. The van der Waals surface area contributed by atoms with E-state index in [9.17, 15) is 4.79 Å². The third-order valence-corrected chi connectivity index (χ3v) is 1.22. The summed E-state index contributed by atoms with van der Waals surface area (Å²) in [5.41, 5.74) is 4.57. The van der Waals surface area contributed by atoms with Gasteiger partial charge in [0.1, 0.15) is 11.5 Å². The summed E-state index contributed by atoms with van der Waals surface area (Å²) in [4.78, 5) is 9.24. The molecule has 0 unspecified atom stereocenters. The average Bonchev–Trinajstić information content (AvgIpc) is 2.06. The largest absolute Gasteiger partial charge is 0.480 e. The van der Waals surface area contributed by atoms with Crippen LogP contribution in [0.15, 0.2) is 24.3 Å². The van der Waals surface area contributed by atoms with Crippen LogP contribution in [-0.2, 0) is 4.79 Å². The molecule has 0 saturated heterocycles. The second-order valence-corrected chi connectivity index (χ2v) is 2.17. The molecule has 0 fully saturated rings. The first-order valence-corrected chi connectivity index (χ1v) is 3.42. The molecule has 2 aliphatic heterocycles. The van der Waals surface area contributed by atoms with Crippen LogP contribution in [0, 0.1) is 0 Å². The number of carbonyl (C=O) groups is 1. The molecule has 1 aromatic rings. The SMILES string of the molecule is NCC(=O)O.c1cc2cc(c1)O2. The molecule has 0 spiro atoms. The third kappa shape index (κ3) is 2.25. The molecule has 64 valence electrons. The molecule has 2 aliphatic rings. The second-order valence-electron chi connectivity index (χ2n) is 2.17. The molecule has 2 heterocycles. The van der Waals surface area contributed by atoms with Gasteiger partial charge in [-0.05, 0) is 12.1 Å². The maximum Gasteiger partial charge on any atom is 0.317 e. The zero-order chi connectivity index (χ0) is 8.97. The minimum absolute atomic E-state index is 0.278. The van der Waals surface area contributed by atoms with Gasteiger partial charge in [0, 0.05) is 6.07 Å². The Kier molecular flexibility index (Phi) is 2.66. The number of hydrogen-bond acceptors (Lipinski definition) is 3.